The van der Waals surface area contributed by atoms with Crippen molar-refractivity contribution < 1.29 is 37.7 Å². The van der Waals surface area contributed by atoms with Crippen LogP contribution in [0.4, 0.5) is 0 Å². The number of ether oxygens (including phenoxy) is 5. The van der Waals surface area contributed by atoms with E-state index >= 15 is 0 Å². The second-order valence-corrected chi connectivity index (χ2v) is 16.0. The number of benzene rings is 2. The van der Waals surface area contributed by atoms with E-state index in [-0.39, 0.29) is 30.6 Å². The fraction of sp³-hybridized carbons (Fsp3) is 0.484. The van der Waals surface area contributed by atoms with Crippen LogP contribution in [0.3, 0.4) is 0 Å². The van der Waals surface area contributed by atoms with Crippen LogP contribution in [0.5, 0.6) is 0 Å². The first-order valence-corrected chi connectivity index (χ1v) is 16.5. The molecule has 2 aromatic carbocycles. The maximum atomic E-state index is 12.8. The van der Waals surface area contributed by atoms with Gasteiger partial charge in [0.25, 0.3) is 0 Å². The molecule has 0 N–H and O–H groups in total. The molecule has 1 aliphatic heterocycles. The summed E-state index contributed by atoms with van der Waals surface area (Å²) in [5.41, 5.74) is 1.77. The molecule has 3 rings (SSSR count). The van der Waals surface area contributed by atoms with Gasteiger partial charge < -0.3 is 28.1 Å². The van der Waals surface area contributed by atoms with Crippen LogP contribution in [-0.4, -0.2) is 51.8 Å². The van der Waals surface area contributed by atoms with E-state index in [9.17, 15) is 9.59 Å². The first kappa shape index (κ1) is 31.7. The van der Waals surface area contributed by atoms with Crippen LogP contribution in [0.2, 0.25) is 18.1 Å². The molecule has 0 aliphatic carbocycles. The molecule has 9 heteroatoms. The van der Waals surface area contributed by atoms with Gasteiger partial charge in [-0.15, -0.1) is 0 Å². The molecule has 218 valence electrons. The average molecular weight is 571 g/mol. The summed E-state index contributed by atoms with van der Waals surface area (Å²) in [6.07, 6.45) is -1.27. The topological polar surface area (TPSA) is 89.5 Å². The summed E-state index contributed by atoms with van der Waals surface area (Å²) in [6, 6.07) is 19.3. The zero-order valence-electron chi connectivity index (χ0n) is 24.5. The summed E-state index contributed by atoms with van der Waals surface area (Å²) < 4.78 is 36.4. The predicted molar refractivity (Wildman–Crippen MR) is 154 cm³/mol. The SMILES string of the molecule is CCOC(=O)/C(=C/[C@@H](OCc1ccccc1)[C@@H]1O[C@H](c2ccccc2)OC[C@H]1O[Si](C)(C)C(C)(C)C)OC(C)=O. The van der Waals surface area contributed by atoms with Gasteiger partial charge >= 0.3 is 11.9 Å². The molecular formula is C31H42O8Si. The Bertz CT molecular complexity index is 1130. The van der Waals surface area contributed by atoms with E-state index in [2.05, 4.69) is 33.9 Å². The van der Waals surface area contributed by atoms with Crippen molar-refractivity contribution in [1.29, 1.82) is 0 Å². The zero-order chi connectivity index (χ0) is 29.3. The highest BCUT2D eigenvalue weighted by molar-refractivity contribution is 6.74. The highest BCUT2D eigenvalue weighted by Crippen LogP contribution is 2.40. The standard InChI is InChI=1S/C31H42O8Si/c1-8-34-29(33)26(37-22(2)32)19-25(35-20-23-15-11-9-12-16-23)28-27(39-40(6,7)31(3,4)5)21-36-30(38-28)24-17-13-10-14-18-24/h9-19,25,27-28,30H,8,20-21H2,1-7H3/b26-19-/t25-,27-,28+,30-/m1/s1. The maximum Gasteiger partial charge on any atom is 0.374 e. The molecule has 0 bridgehead atoms. The molecule has 1 fully saturated rings. The van der Waals surface area contributed by atoms with Gasteiger partial charge in [0, 0.05) is 12.5 Å². The molecule has 8 nitrogen and oxygen atoms in total. The smallest absolute Gasteiger partial charge is 0.374 e. The fourth-order valence-corrected chi connectivity index (χ4v) is 5.24. The molecule has 4 atom stereocenters. The van der Waals surface area contributed by atoms with Crippen LogP contribution in [0.25, 0.3) is 0 Å². The van der Waals surface area contributed by atoms with Gasteiger partial charge in [-0.25, -0.2) is 4.79 Å². The molecular weight excluding hydrogens is 528 g/mol. The molecule has 0 saturated carbocycles. The minimum absolute atomic E-state index is 0.0715. The van der Waals surface area contributed by atoms with Crippen molar-refractivity contribution >= 4 is 20.3 Å². The summed E-state index contributed by atoms with van der Waals surface area (Å²) in [7, 11) is -2.28. The molecule has 1 saturated heterocycles. The van der Waals surface area contributed by atoms with Crippen molar-refractivity contribution in [2.24, 2.45) is 0 Å². The first-order chi connectivity index (χ1) is 18.9. The molecule has 0 amide bonds. The van der Waals surface area contributed by atoms with Gasteiger partial charge in [-0.05, 0) is 36.7 Å². The molecule has 40 heavy (non-hydrogen) atoms. The van der Waals surface area contributed by atoms with Gasteiger partial charge in [-0.1, -0.05) is 81.4 Å². The van der Waals surface area contributed by atoms with E-state index < -0.39 is 44.9 Å². The summed E-state index contributed by atoms with van der Waals surface area (Å²) in [4.78, 5) is 24.7. The van der Waals surface area contributed by atoms with E-state index in [1.165, 1.54) is 13.0 Å². The van der Waals surface area contributed by atoms with Gasteiger partial charge in [0.1, 0.15) is 12.2 Å². The largest absolute Gasteiger partial charge is 0.460 e. The van der Waals surface area contributed by atoms with Crippen LogP contribution >= 0.6 is 0 Å². The van der Waals surface area contributed by atoms with Crippen LogP contribution in [0.1, 0.15) is 52.0 Å². The number of carbonyl (C=O) groups excluding carboxylic acids is 2. The van der Waals surface area contributed by atoms with Crippen LogP contribution in [0, 0.1) is 0 Å². The van der Waals surface area contributed by atoms with Crippen LogP contribution in [0.15, 0.2) is 72.5 Å². The van der Waals surface area contributed by atoms with Gasteiger partial charge in [-0.3, -0.25) is 4.79 Å². The Morgan fingerprint density at radius 2 is 1.68 bits per heavy atom. The third kappa shape index (κ3) is 8.84. The Balaban J connectivity index is 2.05. The number of rotatable bonds is 11. The molecule has 2 aromatic rings. The number of esters is 2. The van der Waals surface area contributed by atoms with E-state index in [0.717, 1.165) is 11.1 Å². The second kappa shape index (κ2) is 14.2. The van der Waals surface area contributed by atoms with Crippen molar-refractivity contribution in [1.82, 2.24) is 0 Å². The lowest BCUT2D eigenvalue weighted by molar-refractivity contribution is -0.272. The molecule has 0 unspecified atom stereocenters. The monoisotopic (exact) mass is 570 g/mol. The van der Waals surface area contributed by atoms with E-state index in [1.807, 2.05) is 60.7 Å². The molecule has 0 aromatic heterocycles. The van der Waals surface area contributed by atoms with Crippen LogP contribution < -0.4 is 0 Å². The lowest BCUT2D eigenvalue weighted by Crippen LogP contribution is -2.55. The molecule has 0 radical (unpaired) electrons. The third-order valence-corrected chi connectivity index (χ3v) is 11.5. The minimum Gasteiger partial charge on any atom is -0.460 e. The predicted octanol–water partition coefficient (Wildman–Crippen LogP) is 6.09. The number of hydrogen-bond acceptors (Lipinski definition) is 8. The molecule has 1 aliphatic rings. The Morgan fingerprint density at radius 1 is 1.05 bits per heavy atom. The van der Waals surface area contributed by atoms with E-state index in [4.69, 9.17) is 28.1 Å². The Morgan fingerprint density at radius 3 is 2.25 bits per heavy atom. The average Bonchev–Trinajstić information content (AvgIpc) is 2.91. The third-order valence-electron chi connectivity index (χ3n) is 7.04. The minimum atomic E-state index is -2.28. The normalized spacial score (nSPS) is 21.0. The summed E-state index contributed by atoms with van der Waals surface area (Å²) in [5, 5.41) is -0.0715. The lowest BCUT2D eigenvalue weighted by Gasteiger charge is -2.45. The van der Waals surface area contributed by atoms with Gasteiger partial charge in [0.15, 0.2) is 14.6 Å². The Labute approximate surface area is 238 Å². The second-order valence-electron chi connectivity index (χ2n) is 11.2. The zero-order valence-corrected chi connectivity index (χ0v) is 25.5. The molecule has 1 heterocycles. The number of carbonyl (C=O) groups is 2. The van der Waals surface area contributed by atoms with Crippen molar-refractivity contribution in [3.63, 3.8) is 0 Å². The first-order valence-electron chi connectivity index (χ1n) is 13.6. The van der Waals surface area contributed by atoms with Crippen LogP contribution in [-0.2, 0) is 44.3 Å². The molecule has 0 spiro atoms. The fourth-order valence-electron chi connectivity index (χ4n) is 3.93. The van der Waals surface area contributed by atoms with E-state index in [0.29, 0.717) is 0 Å². The Hall–Kier alpha value is -2.82. The van der Waals surface area contributed by atoms with Gasteiger partial charge in [0.2, 0.25) is 5.76 Å². The van der Waals surface area contributed by atoms with E-state index in [1.54, 1.807) is 6.92 Å². The van der Waals surface area contributed by atoms with Crippen molar-refractivity contribution in [2.45, 2.75) is 84.0 Å². The van der Waals surface area contributed by atoms with Crippen molar-refractivity contribution in [2.75, 3.05) is 13.2 Å². The summed E-state index contributed by atoms with van der Waals surface area (Å²) >= 11 is 0. The number of hydrogen-bond donors (Lipinski definition) is 0. The van der Waals surface area contributed by atoms with Crippen molar-refractivity contribution in [3.05, 3.63) is 83.6 Å². The lowest BCUT2D eigenvalue weighted by atomic mass is 10.0. The Kier molecular flexibility index (Phi) is 11.2. The van der Waals surface area contributed by atoms with Gasteiger partial charge in [0.05, 0.1) is 25.9 Å². The van der Waals surface area contributed by atoms with Crippen molar-refractivity contribution in [3.8, 4) is 0 Å². The highest BCUT2D eigenvalue weighted by Gasteiger charge is 2.46. The maximum absolute atomic E-state index is 12.8. The van der Waals surface area contributed by atoms with Gasteiger partial charge in [-0.2, -0.15) is 0 Å². The quantitative estimate of drug-likeness (QED) is 0.139. The highest BCUT2D eigenvalue weighted by atomic mass is 28.4. The summed E-state index contributed by atoms with van der Waals surface area (Å²) in [6.45, 7) is 14.3. The summed E-state index contributed by atoms with van der Waals surface area (Å²) in [5.74, 6) is -1.67.